The van der Waals surface area contributed by atoms with Gasteiger partial charge in [0.05, 0.1) is 19.1 Å². The summed E-state index contributed by atoms with van der Waals surface area (Å²) in [4.78, 5) is 10.8. The molecule has 1 aliphatic carbocycles. The Hall–Kier alpha value is -0.570. The fourth-order valence-corrected chi connectivity index (χ4v) is 1.55. The third-order valence-electron chi connectivity index (χ3n) is 2.24. The minimum absolute atomic E-state index is 0.156. The van der Waals surface area contributed by atoms with Crippen LogP contribution in [0.4, 0.5) is 0 Å². The van der Waals surface area contributed by atoms with Crippen molar-refractivity contribution in [2.75, 3.05) is 7.11 Å². The molecule has 0 aliphatic heterocycles. The molecule has 0 atom stereocenters. The molecule has 0 radical (unpaired) electrons. The molecule has 0 saturated heterocycles. The van der Waals surface area contributed by atoms with Gasteiger partial charge < -0.3 is 9.84 Å². The number of ether oxygens (including phenoxy) is 1. The second-order valence-electron chi connectivity index (χ2n) is 3.18. The zero-order chi connectivity index (χ0) is 8.32. The molecule has 0 unspecified atom stereocenters. The van der Waals surface area contributed by atoms with Crippen LogP contribution in [-0.4, -0.2) is 23.8 Å². The van der Waals surface area contributed by atoms with Gasteiger partial charge in [-0.05, 0) is 12.8 Å². The van der Waals surface area contributed by atoms with Crippen molar-refractivity contribution in [1.29, 1.82) is 0 Å². The lowest BCUT2D eigenvalue weighted by Crippen LogP contribution is -2.28. The van der Waals surface area contributed by atoms with Crippen LogP contribution in [0.15, 0.2) is 0 Å². The van der Waals surface area contributed by atoms with Gasteiger partial charge in [0, 0.05) is 0 Å². The lowest BCUT2D eigenvalue weighted by atomic mass is 9.98. The molecule has 1 rings (SSSR count). The highest BCUT2D eigenvalue weighted by Gasteiger charge is 2.33. The predicted octanol–water partition coefficient (Wildman–Crippen LogP) is 0.855. The average molecular weight is 158 g/mol. The molecule has 3 heteroatoms. The average Bonchev–Trinajstić information content (AvgIpc) is 2.36. The molecule has 0 bridgehead atoms. The molecule has 11 heavy (non-hydrogen) atoms. The van der Waals surface area contributed by atoms with Gasteiger partial charge >= 0.3 is 5.97 Å². The van der Waals surface area contributed by atoms with Crippen molar-refractivity contribution in [3.8, 4) is 0 Å². The van der Waals surface area contributed by atoms with E-state index in [9.17, 15) is 9.90 Å². The van der Waals surface area contributed by atoms with Gasteiger partial charge in [0.15, 0.2) is 0 Å². The molecular weight excluding hydrogens is 144 g/mol. The summed E-state index contributed by atoms with van der Waals surface area (Å²) in [5.41, 5.74) is -0.757. The zero-order valence-corrected chi connectivity index (χ0v) is 6.80. The molecule has 0 spiro atoms. The largest absolute Gasteiger partial charge is 0.469 e. The van der Waals surface area contributed by atoms with Crippen LogP contribution in [-0.2, 0) is 9.53 Å². The maximum absolute atomic E-state index is 10.8. The summed E-state index contributed by atoms with van der Waals surface area (Å²) in [6.45, 7) is 0. The van der Waals surface area contributed by atoms with E-state index >= 15 is 0 Å². The molecule has 0 aromatic rings. The minimum atomic E-state index is -0.757. The first-order chi connectivity index (χ1) is 5.16. The quantitative estimate of drug-likeness (QED) is 0.606. The van der Waals surface area contributed by atoms with E-state index in [0.29, 0.717) is 0 Å². The summed E-state index contributed by atoms with van der Waals surface area (Å²) in [5, 5.41) is 9.69. The van der Waals surface area contributed by atoms with E-state index in [1.807, 2.05) is 0 Å². The van der Waals surface area contributed by atoms with E-state index in [1.165, 1.54) is 7.11 Å². The lowest BCUT2D eigenvalue weighted by Gasteiger charge is -2.19. The Kier molecular flexibility index (Phi) is 2.49. The molecule has 0 aromatic carbocycles. The Labute approximate surface area is 66.4 Å². The van der Waals surface area contributed by atoms with Crippen LogP contribution in [0.2, 0.25) is 0 Å². The smallest absolute Gasteiger partial charge is 0.308 e. The number of hydrogen-bond donors (Lipinski definition) is 1. The van der Waals surface area contributed by atoms with Crippen LogP contribution in [0.3, 0.4) is 0 Å². The van der Waals surface area contributed by atoms with Crippen LogP contribution in [0.5, 0.6) is 0 Å². The predicted molar refractivity (Wildman–Crippen MR) is 40.1 cm³/mol. The maximum Gasteiger partial charge on any atom is 0.308 e. The van der Waals surface area contributed by atoms with E-state index in [2.05, 4.69) is 4.74 Å². The lowest BCUT2D eigenvalue weighted by molar-refractivity contribution is -0.145. The second-order valence-corrected chi connectivity index (χ2v) is 3.18. The van der Waals surface area contributed by atoms with E-state index < -0.39 is 5.60 Å². The van der Waals surface area contributed by atoms with Gasteiger partial charge in [-0.3, -0.25) is 4.79 Å². The van der Waals surface area contributed by atoms with Crippen molar-refractivity contribution < 1.29 is 14.6 Å². The van der Waals surface area contributed by atoms with Gasteiger partial charge in [-0.15, -0.1) is 0 Å². The highest BCUT2D eigenvalue weighted by molar-refractivity contribution is 5.70. The highest BCUT2D eigenvalue weighted by Crippen LogP contribution is 2.32. The van der Waals surface area contributed by atoms with Gasteiger partial charge in [-0.2, -0.15) is 0 Å². The Bertz CT molecular complexity index is 147. The van der Waals surface area contributed by atoms with Crippen LogP contribution in [0, 0.1) is 0 Å². The fourth-order valence-electron chi connectivity index (χ4n) is 1.55. The third kappa shape index (κ3) is 2.19. The molecule has 1 aliphatic rings. The molecule has 0 amide bonds. The summed E-state index contributed by atoms with van der Waals surface area (Å²) in [7, 11) is 1.35. The summed E-state index contributed by atoms with van der Waals surface area (Å²) < 4.78 is 4.48. The molecule has 1 saturated carbocycles. The van der Waals surface area contributed by atoms with E-state index in [1.54, 1.807) is 0 Å². The Balaban J connectivity index is 2.39. The molecule has 1 N–H and O–H groups in total. The van der Waals surface area contributed by atoms with Crippen LogP contribution >= 0.6 is 0 Å². The van der Waals surface area contributed by atoms with Gasteiger partial charge in [0.1, 0.15) is 0 Å². The first-order valence-electron chi connectivity index (χ1n) is 3.95. The fraction of sp³-hybridized carbons (Fsp3) is 0.875. The van der Waals surface area contributed by atoms with Crippen molar-refractivity contribution in [2.24, 2.45) is 0 Å². The Morgan fingerprint density at radius 1 is 1.55 bits per heavy atom. The number of hydrogen-bond acceptors (Lipinski definition) is 3. The van der Waals surface area contributed by atoms with Gasteiger partial charge in [-0.1, -0.05) is 12.8 Å². The van der Waals surface area contributed by atoms with Crippen molar-refractivity contribution >= 4 is 5.97 Å². The summed E-state index contributed by atoms with van der Waals surface area (Å²) >= 11 is 0. The number of esters is 1. The van der Waals surface area contributed by atoms with E-state index in [0.717, 1.165) is 25.7 Å². The van der Waals surface area contributed by atoms with Crippen molar-refractivity contribution in [3.05, 3.63) is 0 Å². The Morgan fingerprint density at radius 3 is 2.55 bits per heavy atom. The molecule has 1 fully saturated rings. The summed E-state index contributed by atoms with van der Waals surface area (Å²) in [6, 6.07) is 0. The zero-order valence-electron chi connectivity index (χ0n) is 6.80. The number of carbonyl (C=O) groups is 1. The molecule has 3 nitrogen and oxygen atoms in total. The number of rotatable bonds is 2. The van der Waals surface area contributed by atoms with Crippen molar-refractivity contribution in [2.45, 2.75) is 37.7 Å². The van der Waals surface area contributed by atoms with Gasteiger partial charge in [-0.25, -0.2) is 0 Å². The normalized spacial score (nSPS) is 21.6. The molecular formula is C8H14O3. The highest BCUT2D eigenvalue weighted by atomic mass is 16.5. The van der Waals surface area contributed by atoms with E-state index in [-0.39, 0.29) is 12.4 Å². The van der Waals surface area contributed by atoms with Crippen molar-refractivity contribution in [3.63, 3.8) is 0 Å². The summed E-state index contributed by atoms with van der Waals surface area (Å²) in [5.74, 6) is -0.311. The minimum Gasteiger partial charge on any atom is -0.469 e. The number of carbonyl (C=O) groups excluding carboxylic acids is 1. The first-order valence-corrected chi connectivity index (χ1v) is 3.95. The molecule has 0 aromatic heterocycles. The molecule has 64 valence electrons. The second kappa shape index (κ2) is 3.22. The first kappa shape index (κ1) is 8.53. The van der Waals surface area contributed by atoms with Gasteiger partial charge in [0.25, 0.3) is 0 Å². The number of methoxy groups -OCH3 is 1. The maximum atomic E-state index is 10.8. The topological polar surface area (TPSA) is 46.5 Å². The standard InChI is InChI=1S/C8H14O3/c1-11-7(9)6-8(10)4-2-3-5-8/h10H,2-6H2,1H3. The van der Waals surface area contributed by atoms with Crippen LogP contribution in [0.25, 0.3) is 0 Å². The monoisotopic (exact) mass is 158 g/mol. The Morgan fingerprint density at radius 2 is 2.09 bits per heavy atom. The van der Waals surface area contributed by atoms with Crippen LogP contribution < -0.4 is 0 Å². The van der Waals surface area contributed by atoms with E-state index in [4.69, 9.17) is 0 Å². The number of aliphatic hydroxyl groups is 1. The molecule has 0 heterocycles. The summed E-state index contributed by atoms with van der Waals surface area (Å²) in [6.07, 6.45) is 3.68. The van der Waals surface area contributed by atoms with Crippen molar-refractivity contribution in [1.82, 2.24) is 0 Å². The SMILES string of the molecule is COC(=O)CC1(O)CCCC1. The third-order valence-corrected chi connectivity index (χ3v) is 2.24. The van der Waals surface area contributed by atoms with Gasteiger partial charge in [0.2, 0.25) is 0 Å². The van der Waals surface area contributed by atoms with Crippen LogP contribution in [0.1, 0.15) is 32.1 Å².